The maximum Gasteiger partial charge on any atom is 0.329 e. The molecule has 2 aromatic heterocycles. The Morgan fingerprint density at radius 2 is 1.88 bits per heavy atom. The van der Waals surface area contributed by atoms with E-state index < -0.39 is 21.1 Å². The van der Waals surface area contributed by atoms with E-state index in [0.717, 1.165) is 16.4 Å². The van der Waals surface area contributed by atoms with Crippen molar-refractivity contribution < 1.29 is 8.42 Å². The summed E-state index contributed by atoms with van der Waals surface area (Å²) in [5.41, 5.74) is 1.03. The zero-order chi connectivity index (χ0) is 19.1. The van der Waals surface area contributed by atoms with Crippen molar-refractivity contribution in [3.63, 3.8) is 0 Å². The molecule has 136 valence electrons. The normalized spacial score (nSPS) is 12.0. The lowest BCUT2D eigenvalue weighted by Crippen LogP contribution is -2.35. The van der Waals surface area contributed by atoms with E-state index in [2.05, 4.69) is 9.97 Å². The largest absolute Gasteiger partial charge is 0.329 e. The van der Waals surface area contributed by atoms with Crippen LogP contribution in [0.5, 0.6) is 0 Å². The molecule has 0 amide bonds. The Bertz CT molecular complexity index is 1210. The highest BCUT2D eigenvalue weighted by Crippen LogP contribution is 2.17. The Morgan fingerprint density at radius 3 is 2.54 bits per heavy atom. The molecule has 3 rings (SSSR count). The lowest BCUT2D eigenvalue weighted by Gasteiger charge is -2.10. The molecule has 1 aromatic carbocycles. The van der Waals surface area contributed by atoms with Crippen LogP contribution in [0.1, 0.15) is 30.9 Å². The molecular formula is C18H19N3O4S. The average molecular weight is 373 g/mol. The van der Waals surface area contributed by atoms with Crippen LogP contribution in [0.3, 0.4) is 0 Å². The third-order valence-corrected chi connectivity index (χ3v) is 5.18. The van der Waals surface area contributed by atoms with Gasteiger partial charge in [0.1, 0.15) is 0 Å². The standard InChI is InChI=1S/C18H19N3O4S/c1-11(2)13-4-5-15-14(9-13)17(22)21(18(23)20-15)10-12-6-7-19-16(8-12)26(3,24)25/h4-9,11H,10H2,1-3H3,(H,20,23). The van der Waals surface area contributed by atoms with E-state index in [1.807, 2.05) is 19.9 Å². The summed E-state index contributed by atoms with van der Waals surface area (Å²) in [7, 11) is -3.47. The number of hydrogen-bond acceptors (Lipinski definition) is 5. The van der Waals surface area contributed by atoms with Crippen LogP contribution in [-0.2, 0) is 16.4 Å². The van der Waals surface area contributed by atoms with Crippen LogP contribution in [0.15, 0.2) is 51.1 Å². The lowest BCUT2D eigenvalue weighted by atomic mass is 10.0. The van der Waals surface area contributed by atoms with Crippen LogP contribution in [0, 0.1) is 0 Å². The van der Waals surface area contributed by atoms with Crippen molar-refractivity contribution >= 4 is 20.7 Å². The minimum Gasteiger partial charge on any atom is -0.307 e. The van der Waals surface area contributed by atoms with E-state index in [1.165, 1.54) is 12.3 Å². The second-order valence-electron chi connectivity index (χ2n) is 6.56. The maximum atomic E-state index is 12.8. The highest BCUT2D eigenvalue weighted by Gasteiger charge is 2.13. The van der Waals surface area contributed by atoms with Gasteiger partial charge in [-0.1, -0.05) is 19.9 Å². The number of H-pyrrole nitrogens is 1. The van der Waals surface area contributed by atoms with Crippen molar-refractivity contribution in [2.75, 3.05) is 6.26 Å². The van der Waals surface area contributed by atoms with Crippen molar-refractivity contribution in [3.8, 4) is 0 Å². The van der Waals surface area contributed by atoms with Gasteiger partial charge in [0, 0.05) is 12.5 Å². The van der Waals surface area contributed by atoms with Gasteiger partial charge in [0.05, 0.1) is 17.4 Å². The van der Waals surface area contributed by atoms with E-state index in [1.54, 1.807) is 18.2 Å². The quantitative estimate of drug-likeness (QED) is 0.749. The molecule has 1 N–H and O–H groups in total. The Kier molecular flexibility index (Phi) is 4.53. The van der Waals surface area contributed by atoms with E-state index in [4.69, 9.17) is 0 Å². The molecule has 0 spiro atoms. The fourth-order valence-corrected chi connectivity index (χ4v) is 3.32. The summed E-state index contributed by atoms with van der Waals surface area (Å²) in [4.78, 5) is 31.7. The molecule has 0 aliphatic rings. The monoisotopic (exact) mass is 373 g/mol. The van der Waals surface area contributed by atoms with Gasteiger partial charge in [-0.05, 0) is 41.3 Å². The molecule has 0 bridgehead atoms. The van der Waals surface area contributed by atoms with Gasteiger partial charge < -0.3 is 4.98 Å². The second kappa shape index (κ2) is 6.53. The number of nitrogens with zero attached hydrogens (tertiary/aromatic N) is 2. The van der Waals surface area contributed by atoms with E-state index in [-0.39, 0.29) is 17.5 Å². The van der Waals surface area contributed by atoms with Crippen molar-refractivity contribution in [2.45, 2.75) is 31.3 Å². The van der Waals surface area contributed by atoms with Crippen LogP contribution in [-0.4, -0.2) is 29.2 Å². The predicted molar refractivity (Wildman–Crippen MR) is 99.4 cm³/mol. The molecule has 3 aromatic rings. The number of benzene rings is 1. The third-order valence-electron chi connectivity index (χ3n) is 4.19. The summed E-state index contributed by atoms with van der Waals surface area (Å²) >= 11 is 0. The molecule has 26 heavy (non-hydrogen) atoms. The topological polar surface area (TPSA) is 102 Å². The van der Waals surface area contributed by atoms with E-state index in [9.17, 15) is 18.0 Å². The molecule has 0 unspecified atom stereocenters. The summed E-state index contributed by atoms with van der Waals surface area (Å²) in [6.07, 6.45) is 2.41. The SMILES string of the molecule is CC(C)c1ccc2[nH]c(=O)n(Cc3ccnc(S(C)(=O)=O)c3)c(=O)c2c1. The first-order valence-corrected chi connectivity index (χ1v) is 9.97. The van der Waals surface area contributed by atoms with Gasteiger partial charge in [-0.15, -0.1) is 0 Å². The minimum absolute atomic E-state index is 0.0406. The summed E-state index contributed by atoms with van der Waals surface area (Å²) in [5, 5.41) is 0.329. The summed E-state index contributed by atoms with van der Waals surface area (Å²) in [6.45, 7) is 4.01. The molecular weight excluding hydrogens is 354 g/mol. The van der Waals surface area contributed by atoms with Crippen LogP contribution in [0.4, 0.5) is 0 Å². The zero-order valence-corrected chi connectivity index (χ0v) is 15.5. The molecule has 0 aliphatic heterocycles. The fourth-order valence-electron chi connectivity index (χ4n) is 2.70. The fraction of sp³-hybridized carbons (Fsp3) is 0.278. The molecule has 7 nitrogen and oxygen atoms in total. The number of nitrogens with one attached hydrogen (secondary N) is 1. The van der Waals surface area contributed by atoms with Gasteiger partial charge in [0.2, 0.25) is 0 Å². The number of pyridine rings is 1. The minimum atomic E-state index is -3.47. The Morgan fingerprint density at radius 1 is 1.15 bits per heavy atom. The molecule has 0 saturated carbocycles. The summed E-state index contributed by atoms with van der Waals surface area (Å²) < 4.78 is 24.4. The van der Waals surface area contributed by atoms with Gasteiger partial charge in [-0.3, -0.25) is 9.36 Å². The van der Waals surface area contributed by atoms with Crippen molar-refractivity contribution in [3.05, 3.63) is 68.5 Å². The van der Waals surface area contributed by atoms with Crippen LogP contribution >= 0.6 is 0 Å². The molecule has 2 heterocycles. The van der Waals surface area contributed by atoms with Gasteiger partial charge in [-0.25, -0.2) is 18.2 Å². The van der Waals surface area contributed by atoms with Gasteiger partial charge in [-0.2, -0.15) is 0 Å². The van der Waals surface area contributed by atoms with Crippen molar-refractivity contribution in [1.82, 2.24) is 14.5 Å². The average Bonchev–Trinajstić information content (AvgIpc) is 2.58. The number of aromatic amines is 1. The Balaban J connectivity index is 2.14. The second-order valence-corrected chi connectivity index (χ2v) is 8.52. The highest BCUT2D eigenvalue weighted by molar-refractivity contribution is 7.90. The predicted octanol–water partition coefficient (Wildman–Crippen LogP) is 1.66. The first-order chi connectivity index (χ1) is 12.2. The first-order valence-electron chi connectivity index (χ1n) is 8.08. The molecule has 0 radical (unpaired) electrons. The Hall–Kier alpha value is -2.74. The zero-order valence-electron chi connectivity index (χ0n) is 14.7. The molecule has 0 fully saturated rings. The van der Waals surface area contributed by atoms with E-state index in [0.29, 0.717) is 16.5 Å². The third kappa shape index (κ3) is 3.45. The van der Waals surface area contributed by atoms with Crippen LogP contribution in [0.25, 0.3) is 10.9 Å². The van der Waals surface area contributed by atoms with Crippen LogP contribution < -0.4 is 11.2 Å². The molecule has 0 saturated heterocycles. The summed E-state index contributed by atoms with van der Waals surface area (Å²) in [5.74, 6) is 0.247. The van der Waals surface area contributed by atoms with Gasteiger partial charge >= 0.3 is 5.69 Å². The summed E-state index contributed by atoms with van der Waals surface area (Å²) in [6, 6.07) is 8.34. The number of sulfone groups is 1. The van der Waals surface area contributed by atoms with Crippen LogP contribution in [0.2, 0.25) is 0 Å². The van der Waals surface area contributed by atoms with E-state index >= 15 is 0 Å². The number of rotatable bonds is 4. The smallest absolute Gasteiger partial charge is 0.307 e. The molecule has 8 heteroatoms. The maximum absolute atomic E-state index is 12.8. The van der Waals surface area contributed by atoms with Crippen molar-refractivity contribution in [1.29, 1.82) is 0 Å². The van der Waals surface area contributed by atoms with Crippen molar-refractivity contribution in [2.24, 2.45) is 0 Å². The highest BCUT2D eigenvalue weighted by atomic mass is 32.2. The van der Waals surface area contributed by atoms with Gasteiger partial charge in [0.25, 0.3) is 5.56 Å². The number of fused-ring (bicyclic) bond motifs is 1. The lowest BCUT2D eigenvalue weighted by molar-refractivity contribution is 0.597. The van der Waals surface area contributed by atoms with Gasteiger partial charge in [0.15, 0.2) is 14.9 Å². The molecule has 0 atom stereocenters. The first kappa shape index (κ1) is 18.1. The molecule has 0 aliphatic carbocycles. The number of aromatic nitrogens is 3. The Labute approximate surface area is 150 Å². The number of hydrogen-bond donors (Lipinski definition) is 1.